The standard InChI is InChI=1S/C11H18O4/c1-8(12)14-10-6-4-3-5-7-11(10)15-9(2)13/h10-11H,3-7H2,1-2H3/t10-,11-/m1/s1. The third-order valence-corrected chi connectivity index (χ3v) is 2.53. The van der Waals surface area contributed by atoms with E-state index in [9.17, 15) is 9.59 Å². The summed E-state index contributed by atoms with van der Waals surface area (Å²) in [5.74, 6) is -0.613. The molecule has 0 amide bonds. The number of rotatable bonds is 2. The summed E-state index contributed by atoms with van der Waals surface area (Å²) in [5, 5.41) is 0. The molecular formula is C11H18O4. The molecule has 1 rings (SSSR count). The first kappa shape index (κ1) is 12.0. The summed E-state index contributed by atoms with van der Waals surface area (Å²) in [6, 6.07) is 0. The van der Waals surface area contributed by atoms with Gasteiger partial charge >= 0.3 is 11.9 Å². The lowest BCUT2D eigenvalue weighted by molar-refractivity contribution is -0.165. The maximum atomic E-state index is 10.9. The molecule has 1 saturated carbocycles. The predicted molar refractivity (Wildman–Crippen MR) is 54.2 cm³/mol. The van der Waals surface area contributed by atoms with Crippen molar-refractivity contribution in [3.05, 3.63) is 0 Å². The highest BCUT2D eigenvalue weighted by molar-refractivity contribution is 5.67. The van der Waals surface area contributed by atoms with E-state index in [4.69, 9.17) is 9.47 Å². The molecule has 86 valence electrons. The molecule has 0 unspecified atom stereocenters. The highest BCUT2D eigenvalue weighted by Crippen LogP contribution is 2.23. The third-order valence-electron chi connectivity index (χ3n) is 2.53. The van der Waals surface area contributed by atoms with Gasteiger partial charge in [0.25, 0.3) is 0 Å². The van der Waals surface area contributed by atoms with E-state index < -0.39 is 0 Å². The van der Waals surface area contributed by atoms with Gasteiger partial charge in [-0.05, 0) is 25.7 Å². The van der Waals surface area contributed by atoms with Crippen LogP contribution < -0.4 is 0 Å². The fourth-order valence-corrected chi connectivity index (χ4v) is 1.94. The molecule has 1 aliphatic rings. The van der Waals surface area contributed by atoms with E-state index in [1.165, 1.54) is 13.8 Å². The lowest BCUT2D eigenvalue weighted by Crippen LogP contribution is -2.33. The average Bonchev–Trinajstić information content (AvgIpc) is 2.30. The van der Waals surface area contributed by atoms with Gasteiger partial charge in [-0.1, -0.05) is 6.42 Å². The second-order valence-corrected chi connectivity index (χ2v) is 3.93. The molecule has 0 heterocycles. The van der Waals surface area contributed by atoms with Crippen molar-refractivity contribution >= 4 is 11.9 Å². The number of hydrogen-bond acceptors (Lipinski definition) is 4. The van der Waals surface area contributed by atoms with Gasteiger partial charge in [0.1, 0.15) is 12.2 Å². The maximum Gasteiger partial charge on any atom is 0.303 e. The van der Waals surface area contributed by atoms with Crippen molar-refractivity contribution < 1.29 is 19.1 Å². The van der Waals surface area contributed by atoms with Crippen LogP contribution in [0.1, 0.15) is 46.0 Å². The minimum Gasteiger partial charge on any atom is -0.459 e. The maximum absolute atomic E-state index is 10.9. The zero-order valence-corrected chi connectivity index (χ0v) is 9.32. The molecule has 0 aromatic carbocycles. The third kappa shape index (κ3) is 4.32. The van der Waals surface area contributed by atoms with Crippen LogP contribution in [0.25, 0.3) is 0 Å². The zero-order chi connectivity index (χ0) is 11.3. The molecule has 0 spiro atoms. The van der Waals surface area contributed by atoms with Crippen LogP contribution in [0, 0.1) is 0 Å². The first-order valence-electron chi connectivity index (χ1n) is 5.44. The van der Waals surface area contributed by atoms with E-state index in [1.54, 1.807) is 0 Å². The summed E-state index contributed by atoms with van der Waals surface area (Å²) in [7, 11) is 0. The van der Waals surface area contributed by atoms with E-state index in [2.05, 4.69) is 0 Å². The van der Waals surface area contributed by atoms with Crippen LogP contribution in [0.15, 0.2) is 0 Å². The Hall–Kier alpha value is -1.06. The van der Waals surface area contributed by atoms with Gasteiger partial charge in [-0.25, -0.2) is 0 Å². The molecule has 15 heavy (non-hydrogen) atoms. The molecule has 1 aliphatic carbocycles. The van der Waals surface area contributed by atoms with Crippen molar-refractivity contribution in [1.29, 1.82) is 0 Å². The summed E-state index contributed by atoms with van der Waals surface area (Å²) in [4.78, 5) is 21.8. The second kappa shape index (κ2) is 5.73. The monoisotopic (exact) mass is 214 g/mol. The lowest BCUT2D eigenvalue weighted by Gasteiger charge is -2.24. The minimum atomic E-state index is -0.306. The van der Waals surface area contributed by atoms with Crippen LogP contribution in [0.3, 0.4) is 0 Å². The molecule has 0 saturated heterocycles. The smallest absolute Gasteiger partial charge is 0.303 e. The van der Waals surface area contributed by atoms with Crippen LogP contribution in [0.5, 0.6) is 0 Å². The number of ether oxygens (including phenoxy) is 2. The Morgan fingerprint density at radius 3 is 1.60 bits per heavy atom. The summed E-state index contributed by atoms with van der Waals surface area (Å²) >= 11 is 0. The fraction of sp³-hybridized carbons (Fsp3) is 0.818. The topological polar surface area (TPSA) is 52.6 Å². The minimum absolute atomic E-state index is 0.256. The highest BCUT2D eigenvalue weighted by Gasteiger charge is 2.28. The predicted octanol–water partition coefficient (Wildman–Crippen LogP) is 1.81. The molecule has 4 nitrogen and oxygen atoms in total. The quantitative estimate of drug-likeness (QED) is 0.519. The fourth-order valence-electron chi connectivity index (χ4n) is 1.94. The molecule has 2 atom stereocenters. The Morgan fingerprint density at radius 1 is 0.867 bits per heavy atom. The molecular weight excluding hydrogens is 196 g/mol. The van der Waals surface area contributed by atoms with Crippen LogP contribution in [-0.2, 0) is 19.1 Å². The van der Waals surface area contributed by atoms with Crippen molar-refractivity contribution in [3.8, 4) is 0 Å². The summed E-state index contributed by atoms with van der Waals surface area (Å²) in [5.41, 5.74) is 0. The average molecular weight is 214 g/mol. The Balaban J connectivity index is 2.58. The van der Waals surface area contributed by atoms with E-state index in [-0.39, 0.29) is 24.1 Å². The molecule has 0 N–H and O–H groups in total. The van der Waals surface area contributed by atoms with E-state index in [0.29, 0.717) is 0 Å². The van der Waals surface area contributed by atoms with Gasteiger partial charge in [0, 0.05) is 13.8 Å². The second-order valence-electron chi connectivity index (χ2n) is 3.93. The van der Waals surface area contributed by atoms with E-state index in [0.717, 1.165) is 32.1 Å². The Bertz CT molecular complexity index is 213. The Labute approximate surface area is 89.9 Å². The van der Waals surface area contributed by atoms with Gasteiger partial charge in [0.15, 0.2) is 0 Å². The molecule has 0 bridgehead atoms. The van der Waals surface area contributed by atoms with Gasteiger partial charge in [-0.2, -0.15) is 0 Å². The SMILES string of the molecule is CC(=O)O[C@@H]1CCCCC[C@H]1OC(C)=O. The molecule has 0 radical (unpaired) electrons. The number of carbonyl (C=O) groups excluding carboxylic acids is 2. The van der Waals surface area contributed by atoms with Gasteiger partial charge < -0.3 is 9.47 Å². The molecule has 4 heteroatoms. The largest absolute Gasteiger partial charge is 0.459 e. The Kier molecular flexibility index (Phi) is 4.59. The number of hydrogen-bond donors (Lipinski definition) is 0. The Morgan fingerprint density at radius 2 is 1.27 bits per heavy atom. The van der Waals surface area contributed by atoms with E-state index in [1.807, 2.05) is 0 Å². The van der Waals surface area contributed by atoms with Crippen LogP contribution >= 0.6 is 0 Å². The lowest BCUT2D eigenvalue weighted by atomic mass is 10.1. The molecule has 0 aromatic heterocycles. The first-order valence-corrected chi connectivity index (χ1v) is 5.44. The summed E-state index contributed by atoms with van der Waals surface area (Å²) in [6.45, 7) is 2.77. The van der Waals surface area contributed by atoms with Gasteiger partial charge in [0.2, 0.25) is 0 Å². The van der Waals surface area contributed by atoms with Crippen molar-refractivity contribution in [3.63, 3.8) is 0 Å². The first-order chi connectivity index (χ1) is 7.09. The van der Waals surface area contributed by atoms with Crippen molar-refractivity contribution in [2.75, 3.05) is 0 Å². The molecule has 0 aromatic rings. The van der Waals surface area contributed by atoms with Gasteiger partial charge in [-0.3, -0.25) is 9.59 Å². The van der Waals surface area contributed by atoms with Crippen LogP contribution in [0.2, 0.25) is 0 Å². The number of carbonyl (C=O) groups is 2. The molecule has 0 aliphatic heterocycles. The number of esters is 2. The van der Waals surface area contributed by atoms with Gasteiger partial charge in [0.05, 0.1) is 0 Å². The van der Waals surface area contributed by atoms with Crippen molar-refractivity contribution in [1.82, 2.24) is 0 Å². The van der Waals surface area contributed by atoms with E-state index >= 15 is 0 Å². The normalized spacial score (nSPS) is 26.5. The van der Waals surface area contributed by atoms with Crippen molar-refractivity contribution in [2.24, 2.45) is 0 Å². The summed E-state index contributed by atoms with van der Waals surface area (Å²) in [6.07, 6.45) is 4.22. The van der Waals surface area contributed by atoms with Crippen LogP contribution in [-0.4, -0.2) is 24.1 Å². The summed E-state index contributed by atoms with van der Waals surface area (Å²) < 4.78 is 10.3. The van der Waals surface area contributed by atoms with Crippen LogP contribution in [0.4, 0.5) is 0 Å². The molecule has 1 fully saturated rings. The highest BCUT2D eigenvalue weighted by atomic mass is 16.6. The zero-order valence-electron chi connectivity index (χ0n) is 9.32. The van der Waals surface area contributed by atoms with Gasteiger partial charge in [-0.15, -0.1) is 0 Å². The van der Waals surface area contributed by atoms with Crippen molar-refractivity contribution in [2.45, 2.75) is 58.2 Å².